The number of benzene rings is 1. The van der Waals surface area contributed by atoms with Crippen molar-refractivity contribution in [3.63, 3.8) is 0 Å². The molecule has 0 aliphatic carbocycles. The van der Waals surface area contributed by atoms with Crippen LogP contribution in [0.25, 0.3) is 22.2 Å². The number of aryl methyl sites for hydroxylation is 1. The summed E-state index contributed by atoms with van der Waals surface area (Å²) in [5.41, 5.74) is 5.58. The molecule has 1 fully saturated rings. The number of aromatic amines is 1. The monoisotopic (exact) mass is 528 g/mol. The number of esters is 1. The van der Waals surface area contributed by atoms with Gasteiger partial charge in [-0.25, -0.2) is 18.6 Å². The minimum atomic E-state index is -2.79. The average Bonchev–Trinajstić information content (AvgIpc) is 3.05. The molecule has 1 amide bonds. The van der Waals surface area contributed by atoms with Crippen LogP contribution in [0.5, 0.6) is 0 Å². The molecule has 1 unspecified atom stereocenters. The number of amides is 1. The number of methoxy groups -OCH3 is 1. The highest BCUT2D eigenvalue weighted by Crippen LogP contribution is 2.37. The van der Waals surface area contributed by atoms with E-state index in [4.69, 9.17) is 20.2 Å². The van der Waals surface area contributed by atoms with Crippen molar-refractivity contribution in [2.45, 2.75) is 45.1 Å². The molecule has 0 bridgehead atoms. The maximum Gasteiger partial charge on any atom is 0.344 e. The number of hydrogen-bond donors (Lipinski definition) is 2. The average molecular weight is 529 g/mol. The fraction of sp³-hybridized carbons (Fsp3) is 0.407. The van der Waals surface area contributed by atoms with Gasteiger partial charge in [0.15, 0.2) is 6.10 Å². The van der Waals surface area contributed by atoms with Gasteiger partial charge in [0.2, 0.25) is 11.4 Å². The highest BCUT2D eigenvalue weighted by molar-refractivity contribution is 6.00. The van der Waals surface area contributed by atoms with Gasteiger partial charge in [-0.15, -0.1) is 0 Å². The number of carbonyl (C=O) groups excluding carboxylic acids is 2. The van der Waals surface area contributed by atoms with E-state index < -0.39 is 29.3 Å². The molecule has 4 rings (SSSR count). The number of nitrogens with zero attached hydrogens (tertiary/aromatic N) is 2. The lowest BCUT2D eigenvalue weighted by Gasteiger charge is -2.26. The molecule has 1 saturated heterocycles. The summed E-state index contributed by atoms with van der Waals surface area (Å²) in [6.45, 7) is 3.51. The largest absolute Gasteiger partial charge is 0.462 e. The van der Waals surface area contributed by atoms with E-state index in [1.54, 1.807) is 30.9 Å². The predicted octanol–water partition coefficient (Wildman–Crippen LogP) is 3.87. The van der Waals surface area contributed by atoms with Gasteiger partial charge in [0, 0.05) is 49.7 Å². The summed E-state index contributed by atoms with van der Waals surface area (Å²) in [4.78, 5) is 48.6. The first-order chi connectivity index (χ1) is 18.1. The van der Waals surface area contributed by atoms with Gasteiger partial charge in [-0.1, -0.05) is 18.2 Å². The lowest BCUT2D eigenvalue weighted by atomic mass is 9.97. The molecule has 1 aliphatic heterocycles. The van der Waals surface area contributed by atoms with Crippen LogP contribution >= 0.6 is 0 Å². The van der Waals surface area contributed by atoms with E-state index in [2.05, 4.69) is 4.98 Å². The van der Waals surface area contributed by atoms with Crippen LogP contribution in [0.3, 0.4) is 0 Å². The van der Waals surface area contributed by atoms with E-state index in [0.717, 1.165) is 5.39 Å². The van der Waals surface area contributed by atoms with E-state index in [-0.39, 0.29) is 54.9 Å². The molecule has 1 aliphatic rings. The summed E-state index contributed by atoms with van der Waals surface area (Å²) in [5.74, 6) is -4.25. The van der Waals surface area contributed by atoms with E-state index in [1.807, 2.05) is 18.2 Å². The SMILES string of the molecule is CCOC(=O)c1c(-c2cc3ccccc3nc2N2CCCC(F)(F)CC2)[nH]c(C)c(C(OC)C(N)=O)c1=O. The second kappa shape index (κ2) is 10.9. The second-order valence-corrected chi connectivity index (χ2v) is 9.23. The number of anilines is 1. The van der Waals surface area contributed by atoms with E-state index in [1.165, 1.54) is 7.11 Å². The Morgan fingerprint density at radius 1 is 1.24 bits per heavy atom. The minimum absolute atomic E-state index is 0.00547. The number of carbonyl (C=O) groups is 2. The summed E-state index contributed by atoms with van der Waals surface area (Å²) in [7, 11) is 1.23. The van der Waals surface area contributed by atoms with Crippen LogP contribution in [0.4, 0.5) is 14.6 Å². The number of ether oxygens (including phenoxy) is 2. The zero-order valence-electron chi connectivity index (χ0n) is 21.5. The molecule has 202 valence electrons. The summed E-state index contributed by atoms with van der Waals surface area (Å²) in [5, 5.41) is 0.718. The molecule has 1 atom stereocenters. The third-order valence-corrected chi connectivity index (χ3v) is 6.66. The van der Waals surface area contributed by atoms with Gasteiger partial charge >= 0.3 is 5.97 Å². The van der Waals surface area contributed by atoms with E-state index in [9.17, 15) is 23.2 Å². The molecule has 2 aromatic heterocycles. The highest BCUT2D eigenvalue weighted by Gasteiger charge is 2.34. The summed E-state index contributed by atoms with van der Waals surface area (Å²) >= 11 is 0. The Morgan fingerprint density at radius 2 is 1.97 bits per heavy atom. The highest BCUT2D eigenvalue weighted by atomic mass is 19.3. The van der Waals surface area contributed by atoms with Crippen molar-refractivity contribution >= 4 is 28.6 Å². The van der Waals surface area contributed by atoms with Crippen molar-refractivity contribution in [1.82, 2.24) is 9.97 Å². The summed E-state index contributed by atoms with van der Waals surface area (Å²) in [6, 6.07) is 9.02. The normalized spacial score (nSPS) is 16.2. The molecule has 0 saturated carbocycles. The quantitative estimate of drug-likeness (QED) is 0.446. The van der Waals surface area contributed by atoms with Crippen LogP contribution in [0.2, 0.25) is 0 Å². The Bertz CT molecular complexity index is 1440. The first-order valence-electron chi connectivity index (χ1n) is 12.4. The number of nitrogens with one attached hydrogen (secondary N) is 1. The van der Waals surface area contributed by atoms with Crippen molar-refractivity contribution in [3.05, 3.63) is 57.4 Å². The van der Waals surface area contributed by atoms with Crippen molar-refractivity contribution in [2.24, 2.45) is 5.73 Å². The number of H-pyrrole nitrogens is 1. The van der Waals surface area contributed by atoms with Crippen LogP contribution in [0, 0.1) is 6.92 Å². The third-order valence-electron chi connectivity index (χ3n) is 6.66. The zero-order valence-corrected chi connectivity index (χ0v) is 21.5. The second-order valence-electron chi connectivity index (χ2n) is 9.23. The minimum Gasteiger partial charge on any atom is -0.462 e. The van der Waals surface area contributed by atoms with Crippen molar-refractivity contribution < 1.29 is 27.8 Å². The number of hydrogen-bond acceptors (Lipinski definition) is 7. The van der Waals surface area contributed by atoms with Gasteiger partial charge in [0.25, 0.3) is 5.91 Å². The van der Waals surface area contributed by atoms with E-state index >= 15 is 0 Å². The van der Waals surface area contributed by atoms with Gasteiger partial charge in [0.1, 0.15) is 11.4 Å². The van der Waals surface area contributed by atoms with Gasteiger partial charge in [0.05, 0.1) is 23.4 Å². The number of rotatable bonds is 7. The molecule has 0 radical (unpaired) electrons. The fourth-order valence-corrected chi connectivity index (χ4v) is 4.83. The molecule has 1 aromatic carbocycles. The third kappa shape index (κ3) is 5.24. The van der Waals surface area contributed by atoms with Crippen LogP contribution in [0.1, 0.15) is 53.9 Å². The number of pyridine rings is 2. The lowest BCUT2D eigenvalue weighted by molar-refractivity contribution is -0.128. The lowest BCUT2D eigenvalue weighted by Crippen LogP contribution is -2.33. The maximum absolute atomic E-state index is 14.2. The van der Waals surface area contributed by atoms with Crippen LogP contribution < -0.4 is 16.1 Å². The number of alkyl halides is 2. The molecule has 38 heavy (non-hydrogen) atoms. The zero-order chi connectivity index (χ0) is 27.6. The van der Waals surface area contributed by atoms with Gasteiger partial charge < -0.3 is 25.1 Å². The van der Waals surface area contributed by atoms with Gasteiger partial charge in [-0.2, -0.15) is 0 Å². The molecule has 11 heteroatoms. The Labute approximate surface area is 217 Å². The van der Waals surface area contributed by atoms with Crippen molar-refractivity contribution in [3.8, 4) is 11.3 Å². The van der Waals surface area contributed by atoms with Crippen molar-refractivity contribution in [1.29, 1.82) is 0 Å². The molecular formula is C27H30F2N4O5. The molecule has 3 N–H and O–H groups in total. The van der Waals surface area contributed by atoms with Crippen LogP contribution in [-0.4, -0.2) is 54.6 Å². The summed E-state index contributed by atoms with van der Waals surface area (Å²) in [6.07, 6.45) is -1.75. The predicted molar refractivity (Wildman–Crippen MR) is 138 cm³/mol. The molecule has 3 heterocycles. The van der Waals surface area contributed by atoms with Crippen molar-refractivity contribution in [2.75, 3.05) is 31.7 Å². The first-order valence-corrected chi connectivity index (χ1v) is 12.4. The molecular weight excluding hydrogens is 498 g/mol. The Hall–Kier alpha value is -3.86. The fourth-order valence-electron chi connectivity index (χ4n) is 4.83. The van der Waals surface area contributed by atoms with Crippen LogP contribution in [-0.2, 0) is 14.3 Å². The number of halogens is 2. The molecule has 9 nitrogen and oxygen atoms in total. The molecule has 0 spiro atoms. The Morgan fingerprint density at radius 3 is 2.66 bits per heavy atom. The standard InChI is InChI=1S/C27H30F2N4O5/c1-4-38-26(36)20-21(31-15(2)19(22(20)34)23(37-3)24(30)35)17-14-16-8-5-6-9-18(16)32-25(17)33-12-7-10-27(28,29)11-13-33/h5-6,8-9,14,23H,4,7,10-13H2,1-3H3,(H2,30,35)(H,31,34). The maximum atomic E-state index is 14.2. The van der Waals surface area contributed by atoms with Gasteiger partial charge in [-0.3, -0.25) is 9.59 Å². The molecule has 3 aromatic rings. The van der Waals surface area contributed by atoms with Crippen LogP contribution in [0.15, 0.2) is 35.1 Å². The summed E-state index contributed by atoms with van der Waals surface area (Å²) < 4.78 is 38.8. The van der Waals surface area contributed by atoms with Gasteiger partial charge in [-0.05, 0) is 32.4 Å². The topological polar surface area (TPSA) is 128 Å². The number of nitrogens with two attached hydrogens (primary N) is 1. The smallest absolute Gasteiger partial charge is 0.344 e. The Balaban J connectivity index is 2.03. The van der Waals surface area contributed by atoms with E-state index in [0.29, 0.717) is 23.4 Å². The number of fused-ring (bicyclic) bond motifs is 1. The Kier molecular flexibility index (Phi) is 7.77. The number of para-hydroxylation sites is 1. The number of aromatic nitrogens is 2. The first kappa shape index (κ1) is 27.2. The number of primary amides is 1.